The summed E-state index contributed by atoms with van der Waals surface area (Å²) in [5, 5.41) is 22.6. The van der Waals surface area contributed by atoms with E-state index in [9.17, 15) is 14.7 Å². The molecule has 0 atom stereocenters. The monoisotopic (exact) mass is 250 g/mol. The zero-order valence-electron chi connectivity index (χ0n) is 9.45. The number of nitrogens with zero attached hydrogens (tertiary/aromatic N) is 2. The van der Waals surface area contributed by atoms with E-state index in [1.165, 1.54) is 19.4 Å². The first-order valence-electron chi connectivity index (χ1n) is 5.02. The van der Waals surface area contributed by atoms with E-state index in [4.69, 9.17) is 9.84 Å². The van der Waals surface area contributed by atoms with E-state index in [0.717, 1.165) is 4.68 Å². The van der Waals surface area contributed by atoms with E-state index in [0.29, 0.717) is 5.39 Å². The number of aromatic hydroxyl groups is 1. The summed E-state index contributed by atoms with van der Waals surface area (Å²) in [6.45, 7) is -0.564. The number of phenols is 1. The third kappa shape index (κ3) is 1.86. The van der Waals surface area contributed by atoms with Gasteiger partial charge in [-0.1, -0.05) is 0 Å². The molecular formula is C11H10N2O5. The van der Waals surface area contributed by atoms with Crippen LogP contribution in [-0.2, 0) is 11.3 Å². The van der Waals surface area contributed by atoms with E-state index in [2.05, 4.69) is 5.10 Å². The van der Waals surface area contributed by atoms with Crippen molar-refractivity contribution in [1.29, 1.82) is 0 Å². The van der Waals surface area contributed by atoms with Gasteiger partial charge in [0.15, 0.2) is 11.5 Å². The average molecular weight is 250 g/mol. The Kier molecular flexibility index (Phi) is 2.88. The minimum atomic E-state index is -1.19. The van der Waals surface area contributed by atoms with Gasteiger partial charge in [0, 0.05) is 5.39 Å². The number of carboxylic acids is 1. The first-order valence-corrected chi connectivity index (χ1v) is 5.02. The van der Waals surface area contributed by atoms with Crippen molar-refractivity contribution in [3.8, 4) is 11.5 Å². The molecule has 7 heteroatoms. The number of carbonyl (C=O) groups is 1. The summed E-state index contributed by atoms with van der Waals surface area (Å²) in [5.41, 5.74) is -0.675. The van der Waals surface area contributed by atoms with Crippen LogP contribution >= 0.6 is 0 Å². The van der Waals surface area contributed by atoms with Crippen molar-refractivity contribution in [3.05, 3.63) is 28.7 Å². The van der Waals surface area contributed by atoms with Gasteiger partial charge >= 0.3 is 5.97 Å². The smallest absolute Gasteiger partial charge is 0.325 e. The Morgan fingerprint density at radius 1 is 1.50 bits per heavy atom. The van der Waals surface area contributed by atoms with Gasteiger partial charge in [-0.15, -0.1) is 0 Å². The molecule has 0 aliphatic rings. The number of methoxy groups -OCH3 is 1. The minimum Gasteiger partial charge on any atom is -0.504 e. The van der Waals surface area contributed by atoms with Gasteiger partial charge < -0.3 is 14.9 Å². The SMILES string of the molecule is COc1ccc2cnn(CC(=O)O)c(=O)c2c1O. The lowest BCUT2D eigenvalue weighted by Gasteiger charge is -2.07. The number of phenolic OH excluding ortho intramolecular Hbond substituents is 1. The highest BCUT2D eigenvalue weighted by molar-refractivity contribution is 5.89. The van der Waals surface area contributed by atoms with Gasteiger partial charge in [-0.05, 0) is 12.1 Å². The van der Waals surface area contributed by atoms with Crippen LogP contribution in [0.2, 0.25) is 0 Å². The van der Waals surface area contributed by atoms with Gasteiger partial charge in [-0.3, -0.25) is 9.59 Å². The van der Waals surface area contributed by atoms with Gasteiger partial charge in [0.2, 0.25) is 0 Å². The number of aliphatic carboxylic acids is 1. The predicted molar refractivity (Wildman–Crippen MR) is 61.9 cm³/mol. The topological polar surface area (TPSA) is 102 Å². The summed E-state index contributed by atoms with van der Waals surface area (Å²) in [6.07, 6.45) is 1.32. The molecule has 0 unspecified atom stereocenters. The fourth-order valence-corrected chi connectivity index (χ4v) is 1.64. The number of fused-ring (bicyclic) bond motifs is 1. The van der Waals surface area contributed by atoms with Gasteiger partial charge in [-0.25, -0.2) is 4.68 Å². The Morgan fingerprint density at radius 2 is 2.22 bits per heavy atom. The van der Waals surface area contributed by atoms with Crippen molar-refractivity contribution >= 4 is 16.7 Å². The van der Waals surface area contributed by atoms with Crippen LogP contribution in [0.3, 0.4) is 0 Å². The molecule has 7 nitrogen and oxygen atoms in total. The second-order valence-electron chi connectivity index (χ2n) is 3.58. The molecule has 0 saturated carbocycles. The maximum atomic E-state index is 12.0. The lowest BCUT2D eigenvalue weighted by molar-refractivity contribution is -0.137. The Morgan fingerprint density at radius 3 is 2.83 bits per heavy atom. The summed E-state index contributed by atoms with van der Waals surface area (Å²) >= 11 is 0. The molecular weight excluding hydrogens is 240 g/mol. The third-order valence-corrected chi connectivity index (χ3v) is 2.46. The van der Waals surface area contributed by atoms with Gasteiger partial charge in [-0.2, -0.15) is 5.10 Å². The number of carboxylic acid groups (broad SMARTS) is 1. The van der Waals surface area contributed by atoms with E-state index in [1.807, 2.05) is 0 Å². The largest absolute Gasteiger partial charge is 0.504 e. The van der Waals surface area contributed by atoms with Crippen LogP contribution in [0.1, 0.15) is 0 Å². The molecule has 2 rings (SSSR count). The standard InChI is InChI=1S/C11H10N2O5/c1-18-7-3-2-6-4-12-13(5-8(14)15)11(17)9(6)10(7)16/h2-4,16H,5H2,1H3,(H,14,15). The average Bonchev–Trinajstić information content (AvgIpc) is 2.32. The summed E-state index contributed by atoms with van der Waals surface area (Å²) in [6, 6.07) is 3.06. The quantitative estimate of drug-likeness (QED) is 0.806. The molecule has 0 radical (unpaired) electrons. The number of benzene rings is 1. The van der Waals surface area contributed by atoms with Crippen molar-refractivity contribution in [2.75, 3.05) is 7.11 Å². The van der Waals surface area contributed by atoms with Crippen LogP contribution in [0.15, 0.2) is 23.1 Å². The molecule has 1 heterocycles. The highest BCUT2D eigenvalue weighted by Gasteiger charge is 2.13. The van der Waals surface area contributed by atoms with Crippen LogP contribution < -0.4 is 10.3 Å². The lowest BCUT2D eigenvalue weighted by atomic mass is 10.1. The molecule has 18 heavy (non-hydrogen) atoms. The first-order chi connectivity index (χ1) is 8.54. The molecule has 0 aliphatic heterocycles. The van der Waals surface area contributed by atoms with E-state index in [1.54, 1.807) is 6.07 Å². The van der Waals surface area contributed by atoms with Crippen molar-refractivity contribution < 1.29 is 19.7 Å². The van der Waals surface area contributed by atoms with Crippen molar-refractivity contribution in [2.24, 2.45) is 0 Å². The van der Waals surface area contributed by atoms with Crippen LogP contribution in [0.5, 0.6) is 11.5 Å². The summed E-state index contributed by atoms with van der Waals surface area (Å²) in [7, 11) is 1.36. The Balaban J connectivity index is 2.75. The number of rotatable bonds is 3. The van der Waals surface area contributed by atoms with Crippen molar-refractivity contribution in [3.63, 3.8) is 0 Å². The van der Waals surface area contributed by atoms with Crippen molar-refractivity contribution in [1.82, 2.24) is 9.78 Å². The molecule has 1 aromatic carbocycles. The first kappa shape index (κ1) is 11.9. The maximum Gasteiger partial charge on any atom is 0.325 e. The molecule has 0 spiro atoms. The Labute approximate surface area is 101 Å². The zero-order valence-corrected chi connectivity index (χ0v) is 9.45. The molecule has 0 fully saturated rings. The predicted octanol–water partition coefficient (Wildman–Crippen LogP) is 0.195. The van der Waals surface area contributed by atoms with Gasteiger partial charge in [0.05, 0.1) is 18.7 Å². The van der Waals surface area contributed by atoms with Crippen LogP contribution in [0, 0.1) is 0 Å². The Hall–Kier alpha value is -2.57. The Bertz CT molecular complexity index is 677. The summed E-state index contributed by atoms with van der Waals surface area (Å²) < 4.78 is 5.66. The molecule has 0 bridgehead atoms. The highest BCUT2D eigenvalue weighted by Crippen LogP contribution is 2.31. The molecule has 0 aliphatic carbocycles. The van der Waals surface area contributed by atoms with Crippen LogP contribution in [-0.4, -0.2) is 33.1 Å². The van der Waals surface area contributed by atoms with Crippen LogP contribution in [0.25, 0.3) is 10.8 Å². The van der Waals surface area contributed by atoms with E-state index >= 15 is 0 Å². The molecule has 2 aromatic rings. The zero-order chi connectivity index (χ0) is 13.3. The number of aromatic nitrogens is 2. The molecule has 0 saturated heterocycles. The number of hydrogen-bond donors (Lipinski definition) is 2. The van der Waals surface area contributed by atoms with Crippen molar-refractivity contribution in [2.45, 2.75) is 6.54 Å². The summed E-state index contributed by atoms with van der Waals surface area (Å²) in [5.74, 6) is -1.36. The fraction of sp³-hybridized carbons (Fsp3) is 0.182. The minimum absolute atomic E-state index is 0.00870. The highest BCUT2D eigenvalue weighted by atomic mass is 16.5. The number of hydrogen-bond acceptors (Lipinski definition) is 5. The second kappa shape index (κ2) is 4.36. The lowest BCUT2D eigenvalue weighted by Crippen LogP contribution is -2.26. The normalized spacial score (nSPS) is 10.5. The molecule has 1 aromatic heterocycles. The summed E-state index contributed by atoms with van der Waals surface area (Å²) in [4.78, 5) is 22.6. The molecule has 2 N–H and O–H groups in total. The maximum absolute atomic E-state index is 12.0. The van der Waals surface area contributed by atoms with E-state index in [-0.39, 0.29) is 16.9 Å². The molecule has 0 amide bonds. The molecule has 94 valence electrons. The van der Waals surface area contributed by atoms with Gasteiger partial charge in [0.25, 0.3) is 5.56 Å². The van der Waals surface area contributed by atoms with Gasteiger partial charge in [0.1, 0.15) is 6.54 Å². The van der Waals surface area contributed by atoms with Crippen LogP contribution in [0.4, 0.5) is 0 Å². The van der Waals surface area contributed by atoms with E-state index < -0.39 is 18.1 Å². The second-order valence-corrected chi connectivity index (χ2v) is 3.58. The fourth-order valence-electron chi connectivity index (χ4n) is 1.64. The number of ether oxygens (including phenoxy) is 1. The third-order valence-electron chi connectivity index (χ3n) is 2.46.